The second-order valence-corrected chi connectivity index (χ2v) is 2.79. The van der Waals surface area contributed by atoms with Crippen LogP contribution < -0.4 is 0 Å². The van der Waals surface area contributed by atoms with Crippen LogP contribution in [0.2, 0.25) is 5.28 Å². The highest BCUT2D eigenvalue weighted by atomic mass is 35.5. The van der Waals surface area contributed by atoms with Gasteiger partial charge >= 0.3 is 0 Å². The Kier molecular flexibility index (Phi) is 1.66. The molecule has 2 aromatic heterocycles. The Labute approximate surface area is 74.4 Å². The Morgan fingerprint density at radius 1 is 1.33 bits per heavy atom. The Morgan fingerprint density at radius 3 is 3.00 bits per heavy atom. The smallest absolute Gasteiger partial charge is 0.224 e. The lowest BCUT2D eigenvalue weighted by Crippen LogP contribution is -1.91. The van der Waals surface area contributed by atoms with Gasteiger partial charge in [-0.25, -0.2) is 9.97 Å². The van der Waals surface area contributed by atoms with Crippen molar-refractivity contribution in [2.24, 2.45) is 0 Å². The molecule has 2 aromatic rings. The summed E-state index contributed by atoms with van der Waals surface area (Å²) in [6.45, 7) is 1.89. The van der Waals surface area contributed by atoms with E-state index in [0.717, 1.165) is 11.1 Å². The standard InChI is InChI=1S/C8H6ClN3/c1-5-6-3-2-4-10-7(6)12-8(9)11-5/h2-4H,1H3. The fraction of sp³-hybridized carbons (Fsp3) is 0.125. The van der Waals surface area contributed by atoms with Gasteiger partial charge in [-0.2, -0.15) is 4.98 Å². The molecule has 2 heterocycles. The molecule has 0 aromatic carbocycles. The Balaban J connectivity index is 2.89. The van der Waals surface area contributed by atoms with Gasteiger partial charge in [0.15, 0.2) is 5.65 Å². The summed E-state index contributed by atoms with van der Waals surface area (Å²) in [6.07, 6.45) is 1.69. The second kappa shape index (κ2) is 2.68. The number of nitrogens with zero attached hydrogens (tertiary/aromatic N) is 3. The van der Waals surface area contributed by atoms with Crippen molar-refractivity contribution in [1.29, 1.82) is 0 Å². The van der Waals surface area contributed by atoms with Crippen molar-refractivity contribution >= 4 is 22.6 Å². The average Bonchev–Trinajstić information content (AvgIpc) is 2.04. The molecule has 0 aliphatic heterocycles. The molecule has 4 heteroatoms. The third kappa shape index (κ3) is 1.12. The van der Waals surface area contributed by atoms with E-state index >= 15 is 0 Å². The first-order valence-electron chi connectivity index (χ1n) is 3.52. The van der Waals surface area contributed by atoms with E-state index in [1.807, 2.05) is 19.1 Å². The van der Waals surface area contributed by atoms with Crippen molar-refractivity contribution in [3.8, 4) is 0 Å². The fourth-order valence-electron chi connectivity index (χ4n) is 1.08. The maximum atomic E-state index is 5.66. The van der Waals surface area contributed by atoms with Gasteiger partial charge in [0, 0.05) is 11.6 Å². The molecule has 0 N–H and O–H groups in total. The molecule has 0 fully saturated rings. The molecule has 0 aliphatic rings. The molecule has 0 bridgehead atoms. The van der Waals surface area contributed by atoms with E-state index in [2.05, 4.69) is 15.0 Å². The van der Waals surface area contributed by atoms with Gasteiger partial charge in [-0.3, -0.25) is 0 Å². The molecule has 0 spiro atoms. The topological polar surface area (TPSA) is 38.7 Å². The van der Waals surface area contributed by atoms with Gasteiger partial charge < -0.3 is 0 Å². The van der Waals surface area contributed by atoms with Crippen molar-refractivity contribution in [3.05, 3.63) is 29.3 Å². The molecule has 3 nitrogen and oxygen atoms in total. The number of fused-ring (bicyclic) bond motifs is 1. The van der Waals surface area contributed by atoms with E-state index in [9.17, 15) is 0 Å². The lowest BCUT2D eigenvalue weighted by atomic mass is 10.3. The van der Waals surface area contributed by atoms with E-state index in [1.165, 1.54) is 0 Å². The largest absolute Gasteiger partial charge is 0.236 e. The predicted octanol–water partition coefficient (Wildman–Crippen LogP) is 1.99. The van der Waals surface area contributed by atoms with Gasteiger partial charge in [-0.1, -0.05) is 0 Å². The van der Waals surface area contributed by atoms with E-state index in [4.69, 9.17) is 11.6 Å². The van der Waals surface area contributed by atoms with Crippen LogP contribution in [0.3, 0.4) is 0 Å². The van der Waals surface area contributed by atoms with Crippen LogP contribution in [0.4, 0.5) is 0 Å². The summed E-state index contributed by atoms with van der Waals surface area (Å²) in [5.41, 5.74) is 1.51. The quantitative estimate of drug-likeness (QED) is 0.581. The van der Waals surface area contributed by atoms with Crippen LogP contribution in [0.1, 0.15) is 5.69 Å². The number of aromatic nitrogens is 3. The van der Waals surface area contributed by atoms with Crippen molar-refractivity contribution in [2.75, 3.05) is 0 Å². The van der Waals surface area contributed by atoms with Crippen LogP contribution in [0, 0.1) is 6.92 Å². The molecular formula is C8H6ClN3. The van der Waals surface area contributed by atoms with E-state index < -0.39 is 0 Å². The maximum Gasteiger partial charge on any atom is 0.224 e. The number of rotatable bonds is 0. The first-order chi connectivity index (χ1) is 5.77. The molecule has 0 unspecified atom stereocenters. The van der Waals surface area contributed by atoms with Crippen molar-refractivity contribution in [1.82, 2.24) is 15.0 Å². The zero-order chi connectivity index (χ0) is 8.55. The normalized spacial score (nSPS) is 10.5. The van der Waals surface area contributed by atoms with Crippen LogP contribution >= 0.6 is 11.6 Å². The van der Waals surface area contributed by atoms with Crippen LogP contribution in [-0.2, 0) is 0 Å². The van der Waals surface area contributed by atoms with Crippen molar-refractivity contribution < 1.29 is 0 Å². The highest BCUT2D eigenvalue weighted by Gasteiger charge is 2.01. The lowest BCUT2D eigenvalue weighted by molar-refractivity contribution is 1.13. The molecule has 0 amide bonds. The SMILES string of the molecule is Cc1nc(Cl)nc2ncccc12. The summed E-state index contributed by atoms with van der Waals surface area (Å²) in [6, 6.07) is 3.78. The summed E-state index contributed by atoms with van der Waals surface area (Å²) in [5, 5.41) is 1.20. The summed E-state index contributed by atoms with van der Waals surface area (Å²) in [7, 11) is 0. The monoisotopic (exact) mass is 179 g/mol. The highest BCUT2D eigenvalue weighted by Crippen LogP contribution is 2.13. The number of pyridine rings is 1. The third-order valence-electron chi connectivity index (χ3n) is 1.63. The van der Waals surface area contributed by atoms with E-state index in [1.54, 1.807) is 6.20 Å². The van der Waals surface area contributed by atoms with Crippen LogP contribution in [0.25, 0.3) is 11.0 Å². The first-order valence-corrected chi connectivity index (χ1v) is 3.90. The zero-order valence-corrected chi connectivity index (χ0v) is 7.21. The molecule has 60 valence electrons. The minimum absolute atomic E-state index is 0.249. The molecule has 0 aliphatic carbocycles. The summed E-state index contributed by atoms with van der Waals surface area (Å²) in [5.74, 6) is 0. The van der Waals surface area contributed by atoms with Gasteiger partial charge in [0.05, 0.1) is 5.69 Å². The number of hydrogen-bond donors (Lipinski definition) is 0. The van der Waals surface area contributed by atoms with Crippen molar-refractivity contribution in [2.45, 2.75) is 6.92 Å². The van der Waals surface area contributed by atoms with Gasteiger partial charge in [0.25, 0.3) is 0 Å². The minimum atomic E-state index is 0.249. The molecule has 12 heavy (non-hydrogen) atoms. The highest BCUT2D eigenvalue weighted by molar-refractivity contribution is 6.28. The molecule has 0 saturated carbocycles. The van der Waals surface area contributed by atoms with Crippen LogP contribution in [-0.4, -0.2) is 15.0 Å². The van der Waals surface area contributed by atoms with Crippen LogP contribution in [0.15, 0.2) is 18.3 Å². The lowest BCUT2D eigenvalue weighted by Gasteiger charge is -1.98. The molecule has 0 atom stereocenters. The third-order valence-corrected chi connectivity index (χ3v) is 1.80. The maximum absolute atomic E-state index is 5.66. The zero-order valence-electron chi connectivity index (χ0n) is 6.45. The number of halogens is 1. The molecule has 2 rings (SSSR count). The predicted molar refractivity (Wildman–Crippen MR) is 47.1 cm³/mol. The first kappa shape index (κ1) is 7.43. The number of hydrogen-bond acceptors (Lipinski definition) is 3. The minimum Gasteiger partial charge on any atom is -0.236 e. The van der Waals surface area contributed by atoms with Gasteiger partial charge in [-0.05, 0) is 30.7 Å². The number of aryl methyl sites for hydroxylation is 1. The summed E-state index contributed by atoms with van der Waals surface area (Å²) < 4.78 is 0. The van der Waals surface area contributed by atoms with Crippen molar-refractivity contribution in [3.63, 3.8) is 0 Å². The Hall–Kier alpha value is -1.22. The molecule has 0 saturated heterocycles. The van der Waals surface area contributed by atoms with E-state index in [0.29, 0.717) is 5.65 Å². The Morgan fingerprint density at radius 2 is 2.17 bits per heavy atom. The Bertz CT molecular complexity index is 428. The van der Waals surface area contributed by atoms with Gasteiger partial charge in [0.1, 0.15) is 0 Å². The second-order valence-electron chi connectivity index (χ2n) is 2.45. The van der Waals surface area contributed by atoms with Gasteiger partial charge in [0.2, 0.25) is 5.28 Å². The van der Waals surface area contributed by atoms with Crippen LogP contribution in [0.5, 0.6) is 0 Å². The van der Waals surface area contributed by atoms with E-state index in [-0.39, 0.29) is 5.28 Å². The fourth-order valence-corrected chi connectivity index (χ4v) is 1.29. The van der Waals surface area contributed by atoms with Gasteiger partial charge in [-0.15, -0.1) is 0 Å². The average molecular weight is 180 g/mol. The summed E-state index contributed by atoms with van der Waals surface area (Å²) in [4.78, 5) is 12.1. The summed E-state index contributed by atoms with van der Waals surface area (Å²) >= 11 is 5.66. The molecular weight excluding hydrogens is 174 g/mol. The molecule has 0 radical (unpaired) electrons.